The Morgan fingerprint density at radius 3 is 2.33 bits per heavy atom. The molecule has 2 rings (SSSR count). The van der Waals surface area contributed by atoms with E-state index in [1.54, 1.807) is 0 Å². The van der Waals surface area contributed by atoms with Crippen LogP contribution in [0.2, 0.25) is 0 Å². The second kappa shape index (κ2) is 5.46. The van der Waals surface area contributed by atoms with E-state index in [-0.39, 0.29) is 12.5 Å². The Bertz CT molecular complexity index is 405. The molecule has 1 heterocycles. The highest BCUT2D eigenvalue weighted by Gasteiger charge is 2.34. The van der Waals surface area contributed by atoms with Crippen molar-refractivity contribution < 1.29 is 9.31 Å². The number of hydrogen-bond acceptors (Lipinski definition) is 2. The summed E-state index contributed by atoms with van der Waals surface area (Å²) in [4.78, 5) is 0. The van der Waals surface area contributed by atoms with Crippen LogP contribution in [0, 0.1) is 5.41 Å². The van der Waals surface area contributed by atoms with Crippen molar-refractivity contribution in [2.24, 2.45) is 5.41 Å². The SMILES string of the molecule is CCc1ccc(CC)c(B2OCC(C)(C)CO2)c1. The lowest BCUT2D eigenvalue weighted by atomic mass is 9.72. The van der Waals surface area contributed by atoms with E-state index in [1.807, 2.05) is 0 Å². The Kier molecular flexibility index (Phi) is 4.13. The van der Waals surface area contributed by atoms with Gasteiger partial charge in [0.2, 0.25) is 0 Å². The summed E-state index contributed by atoms with van der Waals surface area (Å²) >= 11 is 0. The second-order valence-corrected chi connectivity index (χ2v) is 5.86. The van der Waals surface area contributed by atoms with E-state index in [2.05, 4.69) is 45.9 Å². The minimum atomic E-state index is -0.181. The number of benzene rings is 1. The van der Waals surface area contributed by atoms with Crippen LogP contribution < -0.4 is 5.46 Å². The molecule has 18 heavy (non-hydrogen) atoms. The van der Waals surface area contributed by atoms with Crippen LogP contribution in [0.25, 0.3) is 0 Å². The third kappa shape index (κ3) is 2.96. The average molecular weight is 246 g/mol. The Labute approximate surface area is 111 Å². The monoisotopic (exact) mass is 246 g/mol. The summed E-state index contributed by atoms with van der Waals surface area (Å²) in [5.74, 6) is 0. The number of hydrogen-bond donors (Lipinski definition) is 0. The molecule has 1 aliphatic heterocycles. The van der Waals surface area contributed by atoms with Gasteiger partial charge in [0, 0.05) is 18.6 Å². The molecule has 1 aromatic carbocycles. The number of aryl methyl sites for hydroxylation is 2. The summed E-state index contributed by atoms with van der Waals surface area (Å²) in [5.41, 5.74) is 4.02. The lowest BCUT2D eigenvalue weighted by Crippen LogP contribution is -2.48. The molecule has 2 nitrogen and oxygen atoms in total. The first kappa shape index (κ1) is 13.6. The second-order valence-electron chi connectivity index (χ2n) is 5.86. The van der Waals surface area contributed by atoms with E-state index in [0.717, 1.165) is 26.1 Å². The molecule has 98 valence electrons. The summed E-state index contributed by atoms with van der Waals surface area (Å²) < 4.78 is 11.8. The first-order chi connectivity index (χ1) is 8.55. The van der Waals surface area contributed by atoms with Gasteiger partial charge in [-0.25, -0.2) is 0 Å². The summed E-state index contributed by atoms with van der Waals surface area (Å²) in [6.45, 7) is 10.2. The molecular formula is C15H23BO2. The predicted octanol–water partition coefficient (Wildman–Crippen LogP) is 2.58. The molecule has 0 bridgehead atoms. The molecule has 0 spiro atoms. The van der Waals surface area contributed by atoms with Gasteiger partial charge in [-0.2, -0.15) is 0 Å². The molecule has 0 N–H and O–H groups in total. The maximum atomic E-state index is 5.90. The molecule has 1 aliphatic rings. The van der Waals surface area contributed by atoms with E-state index in [4.69, 9.17) is 9.31 Å². The highest BCUT2D eigenvalue weighted by atomic mass is 16.6. The molecular weight excluding hydrogens is 223 g/mol. The lowest BCUT2D eigenvalue weighted by molar-refractivity contribution is 0.0342. The van der Waals surface area contributed by atoms with Gasteiger partial charge in [-0.05, 0) is 29.4 Å². The Balaban J connectivity index is 2.21. The molecule has 1 aromatic rings. The van der Waals surface area contributed by atoms with Crippen LogP contribution in [0.4, 0.5) is 0 Å². The molecule has 1 fully saturated rings. The fourth-order valence-electron chi connectivity index (χ4n) is 2.28. The molecule has 3 heteroatoms. The summed E-state index contributed by atoms with van der Waals surface area (Å²) in [7, 11) is -0.181. The van der Waals surface area contributed by atoms with Gasteiger partial charge in [-0.15, -0.1) is 0 Å². The fraction of sp³-hybridized carbons (Fsp3) is 0.600. The van der Waals surface area contributed by atoms with Gasteiger partial charge in [0.1, 0.15) is 0 Å². The Morgan fingerprint density at radius 2 is 1.78 bits per heavy atom. The normalized spacial score (nSPS) is 19.0. The maximum Gasteiger partial charge on any atom is 0.494 e. The van der Waals surface area contributed by atoms with Crippen molar-refractivity contribution in [3.05, 3.63) is 29.3 Å². The zero-order valence-electron chi connectivity index (χ0n) is 12.0. The van der Waals surface area contributed by atoms with Crippen LogP contribution in [0.1, 0.15) is 38.8 Å². The summed E-state index contributed by atoms with van der Waals surface area (Å²) in [5, 5.41) is 0. The summed E-state index contributed by atoms with van der Waals surface area (Å²) in [6.07, 6.45) is 2.07. The molecule has 0 aliphatic carbocycles. The predicted molar refractivity (Wildman–Crippen MR) is 76.3 cm³/mol. The van der Waals surface area contributed by atoms with Crippen molar-refractivity contribution in [2.45, 2.75) is 40.5 Å². The van der Waals surface area contributed by atoms with Crippen molar-refractivity contribution in [1.82, 2.24) is 0 Å². The van der Waals surface area contributed by atoms with Gasteiger partial charge in [-0.3, -0.25) is 0 Å². The topological polar surface area (TPSA) is 18.5 Å². The third-order valence-electron chi connectivity index (χ3n) is 3.50. The van der Waals surface area contributed by atoms with Crippen molar-refractivity contribution in [3.63, 3.8) is 0 Å². The Morgan fingerprint density at radius 1 is 1.11 bits per heavy atom. The molecule has 0 radical (unpaired) electrons. The quantitative estimate of drug-likeness (QED) is 0.763. The molecule has 1 saturated heterocycles. The fourth-order valence-corrected chi connectivity index (χ4v) is 2.28. The van der Waals surface area contributed by atoms with E-state index >= 15 is 0 Å². The molecule has 0 unspecified atom stereocenters. The van der Waals surface area contributed by atoms with E-state index in [1.165, 1.54) is 16.6 Å². The summed E-state index contributed by atoms with van der Waals surface area (Å²) in [6, 6.07) is 6.65. The van der Waals surface area contributed by atoms with Crippen LogP contribution in [-0.4, -0.2) is 20.3 Å². The largest absolute Gasteiger partial charge is 0.494 e. The highest BCUT2D eigenvalue weighted by molar-refractivity contribution is 6.62. The van der Waals surface area contributed by atoms with Gasteiger partial charge < -0.3 is 9.31 Å². The average Bonchev–Trinajstić information content (AvgIpc) is 2.38. The van der Waals surface area contributed by atoms with Gasteiger partial charge in [-0.1, -0.05) is 45.9 Å². The number of rotatable bonds is 3. The van der Waals surface area contributed by atoms with Crippen LogP contribution in [0.15, 0.2) is 18.2 Å². The van der Waals surface area contributed by atoms with E-state index in [0.29, 0.717) is 0 Å². The first-order valence-corrected chi connectivity index (χ1v) is 6.90. The van der Waals surface area contributed by atoms with E-state index < -0.39 is 0 Å². The van der Waals surface area contributed by atoms with Crippen LogP contribution >= 0.6 is 0 Å². The van der Waals surface area contributed by atoms with Gasteiger partial charge in [0.15, 0.2) is 0 Å². The van der Waals surface area contributed by atoms with Crippen molar-refractivity contribution >= 4 is 12.6 Å². The minimum absolute atomic E-state index is 0.130. The maximum absolute atomic E-state index is 5.90. The van der Waals surface area contributed by atoms with E-state index in [9.17, 15) is 0 Å². The van der Waals surface area contributed by atoms with Crippen molar-refractivity contribution in [2.75, 3.05) is 13.2 Å². The zero-order chi connectivity index (χ0) is 13.2. The van der Waals surface area contributed by atoms with Gasteiger partial charge in [0.05, 0.1) is 0 Å². The smallest absolute Gasteiger partial charge is 0.407 e. The molecule has 0 atom stereocenters. The molecule has 0 saturated carbocycles. The minimum Gasteiger partial charge on any atom is -0.407 e. The zero-order valence-corrected chi connectivity index (χ0v) is 12.0. The van der Waals surface area contributed by atoms with Gasteiger partial charge >= 0.3 is 7.12 Å². The van der Waals surface area contributed by atoms with Crippen molar-refractivity contribution in [3.8, 4) is 0 Å². The van der Waals surface area contributed by atoms with Crippen LogP contribution in [0.5, 0.6) is 0 Å². The molecule has 0 amide bonds. The lowest BCUT2D eigenvalue weighted by Gasteiger charge is -2.33. The van der Waals surface area contributed by atoms with Crippen LogP contribution in [-0.2, 0) is 22.2 Å². The third-order valence-corrected chi connectivity index (χ3v) is 3.50. The van der Waals surface area contributed by atoms with Crippen molar-refractivity contribution in [1.29, 1.82) is 0 Å². The van der Waals surface area contributed by atoms with Crippen LogP contribution in [0.3, 0.4) is 0 Å². The Hall–Kier alpha value is -0.795. The standard InChI is InChI=1S/C15H23BO2/c1-5-12-7-8-13(6-2)14(9-12)16-17-10-15(3,4)11-18-16/h7-9H,5-6,10-11H2,1-4H3. The first-order valence-electron chi connectivity index (χ1n) is 6.90. The molecule has 0 aromatic heterocycles. The highest BCUT2D eigenvalue weighted by Crippen LogP contribution is 2.22. The van der Waals surface area contributed by atoms with Gasteiger partial charge in [0.25, 0.3) is 0 Å².